The monoisotopic (exact) mass is 626 g/mol. The Hall–Kier alpha value is -3.79. The molecule has 3 atom stereocenters. The predicted octanol–water partition coefficient (Wildman–Crippen LogP) is 3.98. The molecule has 238 valence electrons. The highest BCUT2D eigenvalue weighted by Gasteiger charge is 2.37. The molecule has 4 amide bonds. The summed E-state index contributed by atoms with van der Waals surface area (Å²) in [5, 5.41) is 8.98. The topological polar surface area (TPSA) is 126 Å². The number of amides is 4. The molecule has 2 heterocycles. The van der Waals surface area contributed by atoms with Crippen LogP contribution >= 0.6 is 11.6 Å². The van der Waals surface area contributed by atoms with Crippen LogP contribution in [0.2, 0.25) is 5.02 Å². The van der Waals surface area contributed by atoms with Crippen LogP contribution in [0.25, 0.3) is 0 Å². The van der Waals surface area contributed by atoms with Crippen LogP contribution in [0.1, 0.15) is 74.4 Å². The second-order valence-corrected chi connectivity index (χ2v) is 12.5. The fraction of sp³-hybridized carbons (Fsp3) is 0.515. The maximum absolute atomic E-state index is 13.6. The first-order chi connectivity index (χ1) is 21.0. The van der Waals surface area contributed by atoms with Crippen molar-refractivity contribution in [2.24, 2.45) is 5.92 Å². The number of aryl methyl sites for hydroxylation is 1. The zero-order chi connectivity index (χ0) is 32.0. The van der Waals surface area contributed by atoms with Gasteiger partial charge in [-0.1, -0.05) is 51.4 Å². The molecule has 0 unspecified atom stereocenters. The minimum atomic E-state index is -1.20. The molecular formula is C33H43ClN4O6. The lowest BCUT2D eigenvalue weighted by Crippen LogP contribution is -2.55. The molecule has 2 aromatic rings. The lowest BCUT2D eigenvalue weighted by molar-refractivity contribution is -0.139. The lowest BCUT2D eigenvalue weighted by atomic mass is 10.0. The molecule has 3 N–H and O–H groups in total. The summed E-state index contributed by atoms with van der Waals surface area (Å²) in [4.78, 5) is 55.4. The van der Waals surface area contributed by atoms with E-state index in [-0.39, 0.29) is 55.5 Å². The van der Waals surface area contributed by atoms with Crippen molar-refractivity contribution in [1.82, 2.24) is 20.9 Å². The van der Waals surface area contributed by atoms with Crippen molar-refractivity contribution in [2.45, 2.75) is 77.9 Å². The van der Waals surface area contributed by atoms with E-state index in [0.29, 0.717) is 23.1 Å². The van der Waals surface area contributed by atoms with Crippen LogP contribution in [0.15, 0.2) is 36.4 Å². The number of benzene rings is 2. The number of halogens is 1. The average Bonchev–Trinajstić information content (AvgIpc) is 3.46. The Kier molecular flexibility index (Phi) is 11.1. The first-order valence-electron chi connectivity index (χ1n) is 15.3. The molecular weight excluding hydrogens is 584 g/mol. The van der Waals surface area contributed by atoms with Crippen LogP contribution in [0.3, 0.4) is 0 Å². The van der Waals surface area contributed by atoms with E-state index in [4.69, 9.17) is 21.1 Å². The molecule has 2 aliphatic rings. The Morgan fingerprint density at radius 3 is 2.61 bits per heavy atom. The zero-order valence-corrected chi connectivity index (χ0v) is 26.8. The van der Waals surface area contributed by atoms with Crippen LogP contribution in [-0.2, 0) is 14.4 Å². The molecule has 44 heavy (non-hydrogen) atoms. The zero-order valence-electron chi connectivity index (χ0n) is 26.1. The lowest BCUT2D eigenvalue weighted by Gasteiger charge is -2.32. The van der Waals surface area contributed by atoms with E-state index in [1.54, 1.807) is 29.2 Å². The average molecular weight is 627 g/mol. The van der Waals surface area contributed by atoms with Crippen LogP contribution in [-0.4, -0.2) is 73.0 Å². The summed E-state index contributed by atoms with van der Waals surface area (Å²) < 4.78 is 12.1. The van der Waals surface area contributed by atoms with Gasteiger partial charge in [0.15, 0.2) is 0 Å². The summed E-state index contributed by atoms with van der Waals surface area (Å²) in [5.74, 6) is -0.754. The first-order valence-corrected chi connectivity index (χ1v) is 15.7. The minimum absolute atomic E-state index is 0.134. The normalized spacial score (nSPS) is 21.1. The van der Waals surface area contributed by atoms with Crippen LogP contribution in [0.5, 0.6) is 11.5 Å². The number of ether oxygens (including phenoxy) is 2. The van der Waals surface area contributed by atoms with E-state index < -0.39 is 29.8 Å². The van der Waals surface area contributed by atoms with Crippen molar-refractivity contribution < 1.29 is 28.7 Å². The number of para-hydroxylation sites is 1. The van der Waals surface area contributed by atoms with Gasteiger partial charge in [0.2, 0.25) is 17.7 Å². The van der Waals surface area contributed by atoms with Crippen molar-refractivity contribution >= 4 is 35.2 Å². The van der Waals surface area contributed by atoms with Gasteiger partial charge in [-0.3, -0.25) is 19.2 Å². The number of carbonyl (C=O) groups excluding carboxylic acids is 4. The molecule has 1 fully saturated rings. The molecule has 2 aliphatic heterocycles. The molecule has 0 bridgehead atoms. The summed E-state index contributed by atoms with van der Waals surface area (Å²) in [5.41, 5.74) is 2.07. The van der Waals surface area contributed by atoms with E-state index in [2.05, 4.69) is 16.0 Å². The van der Waals surface area contributed by atoms with Gasteiger partial charge in [-0.05, 0) is 67.0 Å². The second-order valence-electron chi connectivity index (χ2n) is 12.1. The van der Waals surface area contributed by atoms with Gasteiger partial charge in [0.25, 0.3) is 5.91 Å². The molecule has 4 rings (SSSR count). The number of fused-ring (bicyclic) bond motifs is 2. The molecule has 11 heteroatoms. The summed E-state index contributed by atoms with van der Waals surface area (Å²) >= 11 is 6.31. The fourth-order valence-corrected chi connectivity index (χ4v) is 5.70. The molecule has 0 saturated carbocycles. The Bertz CT molecular complexity index is 1380. The standard InChI is InChI=1S/C33H43ClN4O6/c1-19(2)24-16-25(34)21(5)15-28(24)43-14-12-35-32(41)26-17-29(39)37-30(20(3)4)33(42)38-13-8-9-22(38)18-44-27-11-7-6-10-23(27)31(40)36-26/h6-7,10-11,15-16,19-20,22,26,30H,8-9,12-14,17-18H2,1-5H3,(H,35,41)(H,36,40)(H,37,39)/t22-,26-,30+/m0/s1. The highest BCUT2D eigenvalue weighted by atomic mass is 35.5. The number of hydrogen-bond acceptors (Lipinski definition) is 6. The summed E-state index contributed by atoms with van der Waals surface area (Å²) in [6.45, 7) is 10.8. The molecule has 0 spiro atoms. The maximum atomic E-state index is 13.6. The smallest absolute Gasteiger partial charge is 0.255 e. The van der Waals surface area contributed by atoms with Gasteiger partial charge in [-0.15, -0.1) is 0 Å². The largest absolute Gasteiger partial charge is 0.491 e. The van der Waals surface area contributed by atoms with Gasteiger partial charge in [0.05, 0.1) is 24.6 Å². The Morgan fingerprint density at radius 2 is 1.89 bits per heavy atom. The van der Waals surface area contributed by atoms with Crippen LogP contribution < -0.4 is 25.4 Å². The third kappa shape index (κ3) is 8.02. The van der Waals surface area contributed by atoms with Crippen LogP contribution in [0, 0.1) is 12.8 Å². The fourth-order valence-electron chi connectivity index (χ4n) is 5.53. The van der Waals surface area contributed by atoms with E-state index >= 15 is 0 Å². The first kappa shape index (κ1) is 33.1. The molecule has 10 nitrogen and oxygen atoms in total. The van der Waals surface area contributed by atoms with Gasteiger partial charge in [0.1, 0.15) is 36.8 Å². The van der Waals surface area contributed by atoms with Gasteiger partial charge in [-0.2, -0.15) is 0 Å². The van der Waals surface area contributed by atoms with Crippen molar-refractivity contribution in [2.75, 3.05) is 26.3 Å². The number of carbonyl (C=O) groups is 4. The summed E-state index contributed by atoms with van der Waals surface area (Å²) in [6.07, 6.45) is 1.24. The summed E-state index contributed by atoms with van der Waals surface area (Å²) in [6, 6.07) is 8.35. The van der Waals surface area contributed by atoms with E-state index in [1.807, 2.05) is 46.8 Å². The number of nitrogens with zero attached hydrogens (tertiary/aromatic N) is 1. The van der Waals surface area contributed by atoms with E-state index in [0.717, 1.165) is 24.0 Å². The Morgan fingerprint density at radius 1 is 1.14 bits per heavy atom. The molecule has 0 aliphatic carbocycles. The maximum Gasteiger partial charge on any atom is 0.255 e. The predicted molar refractivity (Wildman–Crippen MR) is 168 cm³/mol. The van der Waals surface area contributed by atoms with Gasteiger partial charge < -0.3 is 30.3 Å². The van der Waals surface area contributed by atoms with Gasteiger partial charge >= 0.3 is 0 Å². The highest BCUT2D eigenvalue weighted by molar-refractivity contribution is 6.31. The van der Waals surface area contributed by atoms with Crippen molar-refractivity contribution in [3.05, 3.63) is 58.1 Å². The second kappa shape index (κ2) is 14.8. The molecule has 1 saturated heterocycles. The number of nitrogens with one attached hydrogen (secondary N) is 3. The quantitative estimate of drug-likeness (QED) is 0.399. The number of rotatable bonds is 7. The van der Waals surface area contributed by atoms with E-state index in [9.17, 15) is 19.2 Å². The minimum Gasteiger partial charge on any atom is -0.491 e. The number of hydrogen-bond donors (Lipinski definition) is 3. The van der Waals surface area contributed by atoms with E-state index in [1.165, 1.54) is 0 Å². The molecule has 0 aromatic heterocycles. The van der Waals surface area contributed by atoms with Crippen molar-refractivity contribution in [1.29, 1.82) is 0 Å². The molecule has 0 radical (unpaired) electrons. The van der Waals surface area contributed by atoms with Gasteiger partial charge in [-0.25, -0.2) is 0 Å². The van der Waals surface area contributed by atoms with Crippen molar-refractivity contribution in [3.8, 4) is 11.5 Å². The SMILES string of the molecule is Cc1cc(OCCNC(=O)[C@@H]2CC(=O)N[C@H](C(C)C)C(=O)N3CCC[C@H]3COc3ccccc3C(=O)N2)c(C(C)C)cc1Cl. The van der Waals surface area contributed by atoms with Gasteiger partial charge in [0, 0.05) is 11.6 Å². The third-order valence-corrected chi connectivity index (χ3v) is 8.46. The molecule has 2 aromatic carbocycles. The Balaban J connectivity index is 1.51. The Labute approximate surface area is 264 Å². The van der Waals surface area contributed by atoms with Crippen molar-refractivity contribution in [3.63, 3.8) is 0 Å². The highest BCUT2D eigenvalue weighted by Crippen LogP contribution is 2.32. The third-order valence-electron chi connectivity index (χ3n) is 8.06. The van der Waals surface area contributed by atoms with Crippen LogP contribution in [0.4, 0.5) is 0 Å². The summed E-state index contributed by atoms with van der Waals surface area (Å²) in [7, 11) is 0.